The van der Waals surface area contributed by atoms with Crippen LogP contribution in [0.3, 0.4) is 0 Å². The Kier molecular flexibility index (Phi) is 4.38. The van der Waals surface area contributed by atoms with Crippen molar-refractivity contribution < 1.29 is 4.39 Å². The van der Waals surface area contributed by atoms with Crippen LogP contribution in [0.4, 0.5) is 10.2 Å². The highest BCUT2D eigenvalue weighted by molar-refractivity contribution is 9.10. The van der Waals surface area contributed by atoms with Gasteiger partial charge in [0.2, 0.25) is 0 Å². The van der Waals surface area contributed by atoms with E-state index in [0.29, 0.717) is 12.4 Å². The summed E-state index contributed by atoms with van der Waals surface area (Å²) in [6.45, 7) is 2.50. The summed E-state index contributed by atoms with van der Waals surface area (Å²) in [6.07, 6.45) is 6.97. The van der Waals surface area contributed by atoms with Crippen molar-refractivity contribution in [2.75, 3.05) is 11.9 Å². The van der Waals surface area contributed by atoms with E-state index in [9.17, 15) is 4.39 Å². The number of halogens is 2. The molecule has 0 saturated heterocycles. The van der Waals surface area contributed by atoms with Crippen molar-refractivity contribution >= 4 is 21.7 Å². The maximum Gasteiger partial charge on any atom is 0.159 e. The molecule has 0 N–H and O–H groups in total. The van der Waals surface area contributed by atoms with E-state index in [-0.39, 0.29) is 5.82 Å². The predicted octanol–water partition coefficient (Wildman–Crippen LogP) is 3.51. The summed E-state index contributed by atoms with van der Waals surface area (Å²) in [5.74, 6) is 2.02. The first-order chi connectivity index (χ1) is 11.0. The third-order valence-corrected chi connectivity index (χ3v) is 4.23. The summed E-state index contributed by atoms with van der Waals surface area (Å²) in [5, 5.41) is 0. The smallest absolute Gasteiger partial charge is 0.159 e. The van der Waals surface area contributed by atoms with Crippen LogP contribution in [0.25, 0.3) is 5.82 Å². The largest absolute Gasteiger partial charge is 0.354 e. The van der Waals surface area contributed by atoms with Gasteiger partial charge in [-0.2, -0.15) is 0 Å². The highest BCUT2D eigenvalue weighted by atomic mass is 79.9. The van der Waals surface area contributed by atoms with Crippen molar-refractivity contribution in [2.24, 2.45) is 0 Å². The molecule has 0 atom stereocenters. The van der Waals surface area contributed by atoms with E-state index in [2.05, 4.69) is 30.9 Å². The number of aryl methyl sites for hydroxylation is 1. The Labute approximate surface area is 142 Å². The fraction of sp³-hybridized carbons (Fsp3) is 0.188. The monoisotopic (exact) mass is 375 g/mol. The molecule has 5 nitrogen and oxygen atoms in total. The lowest BCUT2D eigenvalue weighted by molar-refractivity contribution is 0.625. The SMILES string of the molecule is Cc1nccn1-c1cncc(N(C)Cc2ccc(F)cc2Br)n1. The van der Waals surface area contributed by atoms with E-state index < -0.39 is 0 Å². The summed E-state index contributed by atoms with van der Waals surface area (Å²) in [5.41, 5.74) is 0.972. The first-order valence-corrected chi connectivity index (χ1v) is 7.81. The molecule has 1 aromatic carbocycles. The molecule has 2 heterocycles. The fourth-order valence-corrected chi connectivity index (χ4v) is 2.73. The number of hydrogen-bond donors (Lipinski definition) is 0. The normalized spacial score (nSPS) is 10.8. The Morgan fingerprint density at radius 2 is 2.13 bits per heavy atom. The quantitative estimate of drug-likeness (QED) is 0.699. The fourth-order valence-electron chi connectivity index (χ4n) is 2.25. The average molecular weight is 376 g/mol. The lowest BCUT2D eigenvalue weighted by atomic mass is 10.2. The van der Waals surface area contributed by atoms with Gasteiger partial charge in [0, 0.05) is 30.5 Å². The van der Waals surface area contributed by atoms with E-state index in [4.69, 9.17) is 0 Å². The van der Waals surface area contributed by atoms with Crippen molar-refractivity contribution in [1.29, 1.82) is 0 Å². The van der Waals surface area contributed by atoms with Crippen molar-refractivity contribution in [3.05, 3.63) is 64.7 Å². The molecule has 0 bridgehead atoms. The Morgan fingerprint density at radius 3 is 2.83 bits per heavy atom. The Morgan fingerprint density at radius 1 is 1.30 bits per heavy atom. The zero-order valence-electron chi connectivity index (χ0n) is 12.7. The second kappa shape index (κ2) is 6.45. The van der Waals surface area contributed by atoms with Crippen LogP contribution in [0.1, 0.15) is 11.4 Å². The first kappa shape index (κ1) is 15.6. The number of aromatic nitrogens is 4. The molecule has 7 heteroatoms. The standard InChI is InChI=1S/C16H15BrFN5/c1-11-20-5-6-23(11)16-9-19-8-15(21-16)22(2)10-12-3-4-13(18)7-14(12)17/h3-9H,10H2,1-2H3. The van der Waals surface area contributed by atoms with Gasteiger partial charge in [-0.25, -0.2) is 14.4 Å². The minimum absolute atomic E-state index is 0.263. The minimum atomic E-state index is -0.263. The second-order valence-corrected chi connectivity index (χ2v) is 6.03. The zero-order chi connectivity index (χ0) is 16.4. The van der Waals surface area contributed by atoms with E-state index in [0.717, 1.165) is 21.7 Å². The van der Waals surface area contributed by atoms with Gasteiger partial charge in [0.05, 0.1) is 12.4 Å². The lowest BCUT2D eigenvalue weighted by Crippen LogP contribution is -2.19. The Balaban J connectivity index is 1.85. The van der Waals surface area contributed by atoms with E-state index in [1.807, 2.05) is 29.6 Å². The topological polar surface area (TPSA) is 46.8 Å². The highest BCUT2D eigenvalue weighted by Crippen LogP contribution is 2.21. The van der Waals surface area contributed by atoms with Crippen LogP contribution in [-0.2, 0) is 6.54 Å². The molecule has 0 fully saturated rings. The lowest BCUT2D eigenvalue weighted by Gasteiger charge is -2.19. The number of rotatable bonds is 4. The van der Waals surface area contributed by atoms with Crippen molar-refractivity contribution in [2.45, 2.75) is 13.5 Å². The third kappa shape index (κ3) is 3.39. The third-order valence-electron chi connectivity index (χ3n) is 3.50. The maximum atomic E-state index is 13.2. The van der Waals surface area contributed by atoms with Gasteiger partial charge in [-0.3, -0.25) is 9.55 Å². The van der Waals surface area contributed by atoms with Crippen LogP contribution >= 0.6 is 15.9 Å². The summed E-state index contributed by atoms with van der Waals surface area (Å²) in [6, 6.07) is 4.66. The summed E-state index contributed by atoms with van der Waals surface area (Å²) < 4.78 is 15.8. The molecule has 0 unspecified atom stereocenters. The van der Waals surface area contributed by atoms with Gasteiger partial charge < -0.3 is 4.90 Å². The molecule has 0 spiro atoms. The molecule has 0 saturated carbocycles. The van der Waals surface area contributed by atoms with Crippen LogP contribution in [0.15, 0.2) is 47.5 Å². The molecular formula is C16H15BrFN5. The molecular weight excluding hydrogens is 361 g/mol. The molecule has 118 valence electrons. The Bertz CT molecular complexity index is 833. The molecule has 3 rings (SSSR count). The van der Waals surface area contributed by atoms with Crippen LogP contribution in [-0.4, -0.2) is 26.6 Å². The number of benzene rings is 1. The van der Waals surface area contributed by atoms with Crippen molar-refractivity contribution in [3.8, 4) is 5.82 Å². The van der Waals surface area contributed by atoms with Crippen molar-refractivity contribution in [1.82, 2.24) is 19.5 Å². The van der Waals surface area contributed by atoms with Gasteiger partial charge in [0.1, 0.15) is 17.5 Å². The van der Waals surface area contributed by atoms with Crippen molar-refractivity contribution in [3.63, 3.8) is 0 Å². The highest BCUT2D eigenvalue weighted by Gasteiger charge is 2.10. The summed E-state index contributed by atoms with van der Waals surface area (Å²) in [4.78, 5) is 15.0. The number of imidazole rings is 1. The average Bonchev–Trinajstić information content (AvgIpc) is 2.96. The second-order valence-electron chi connectivity index (χ2n) is 5.17. The molecule has 0 aliphatic heterocycles. The molecule has 0 aliphatic rings. The number of anilines is 1. The van der Waals surface area contributed by atoms with Gasteiger partial charge >= 0.3 is 0 Å². The predicted molar refractivity (Wildman–Crippen MR) is 90.1 cm³/mol. The summed E-state index contributed by atoms with van der Waals surface area (Å²) >= 11 is 3.39. The zero-order valence-corrected chi connectivity index (χ0v) is 14.3. The van der Waals surface area contributed by atoms with Crippen LogP contribution in [0.5, 0.6) is 0 Å². The van der Waals surface area contributed by atoms with Gasteiger partial charge in [-0.1, -0.05) is 22.0 Å². The maximum absolute atomic E-state index is 13.2. The number of nitrogens with zero attached hydrogens (tertiary/aromatic N) is 5. The van der Waals surface area contributed by atoms with E-state index in [1.165, 1.54) is 12.1 Å². The molecule has 0 aliphatic carbocycles. The minimum Gasteiger partial charge on any atom is -0.354 e. The molecule has 0 radical (unpaired) electrons. The van der Waals surface area contributed by atoms with E-state index >= 15 is 0 Å². The Hall–Kier alpha value is -2.28. The van der Waals surface area contributed by atoms with Crippen LogP contribution in [0.2, 0.25) is 0 Å². The van der Waals surface area contributed by atoms with Gasteiger partial charge in [0.25, 0.3) is 0 Å². The summed E-state index contributed by atoms with van der Waals surface area (Å²) in [7, 11) is 1.92. The molecule has 3 aromatic rings. The van der Waals surface area contributed by atoms with Crippen LogP contribution < -0.4 is 4.90 Å². The molecule has 23 heavy (non-hydrogen) atoms. The first-order valence-electron chi connectivity index (χ1n) is 7.02. The number of hydrogen-bond acceptors (Lipinski definition) is 4. The molecule has 2 aromatic heterocycles. The molecule has 0 amide bonds. The van der Waals surface area contributed by atoms with Crippen LogP contribution in [0, 0.1) is 12.7 Å². The van der Waals surface area contributed by atoms with E-state index in [1.54, 1.807) is 24.7 Å². The van der Waals surface area contributed by atoms with Gasteiger partial charge in [0.15, 0.2) is 5.82 Å². The van der Waals surface area contributed by atoms with Gasteiger partial charge in [-0.15, -0.1) is 0 Å². The van der Waals surface area contributed by atoms with Gasteiger partial charge in [-0.05, 0) is 24.6 Å².